The summed E-state index contributed by atoms with van der Waals surface area (Å²) in [6.45, 7) is 4.98. The van der Waals surface area contributed by atoms with Gasteiger partial charge in [-0.15, -0.1) is 0 Å². The number of fused-ring (bicyclic) bond motifs is 1. The number of hydrogen-bond acceptors (Lipinski definition) is 4. The topological polar surface area (TPSA) is 64.8 Å². The molecule has 0 bridgehead atoms. The van der Waals surface area contributed by atoms with Crippen LogP contribution in [0.1, 0.15) is 23.7 Å². The summed E-state index contributed by atoms with van der Waals surface area (Å²) in [6.07, 6.45) is 0.810. The Kier molecular flexibility index (Phi) is 4.63. The Morgan fingerprint density at radius 3 is 2.74 bits per heavy atom. The first-order valence-corrected chi connectivity index (χ1v) is 6.65. The number of carbonyl (C=O) groups is 1. The normalized spacial score (nSPS) is 13.2. The molecule has 0 saturated carbocycles. The van der Waals surface area contributed by atoms with Crippen LogP contribution < -0.4 is 15.2 Å². The van der Waals surface area contributed by atoms with E-state index in [4.69, 9.17) is 15.2 Å². The molecule has 0 saturated heterocycles. The number of rotatable bonds is 5. The van der Waals surface area contributed by atoms with Crippen LogP contribution in [0.3, 0.4) is 0 Å². The Bertz CT molecular complexity index is 448. The molecular weight excluding hydrogens is 244 g/mol. The number of hydrogen-bond donors (Lipinski definition) is 1. The van der Waals surface area contributed by atoms with Gasteiger partial charge < -0.3 is 20.1 Å². The van der Waals surface area contributed by atoms with E-state index in [-0.39, 0.29) is 5.91 Å². The van der Waals surface area contributed by atoms with Gasteiger partial charge in [0, 0.05) is 18.7 Å². The highest BCUT2D eigenvalue weighted by Gasteiger charge is 2.18. The fraction of sp³-hybridized carbons (Fsp3) is 0.500. The second kappa shape index (κ2) is 6.43. The highest BCUT2D eigenvalue weighted by atomic mass is 16.6. The second-order valence-electron chi connectivity index (χ2n) is 4.39. The number of nitrogens with zero attached hydrogens (tertiary/aromatic N) is 1. The van der Waals surface area contributed by atoms with E-state index in [0.29, 0.717) is 49.9 Å². The Morgan fingerprint density at radius 2 is 2.05 bits per heavy atom. The number of benzene rings is 1. The van der Waals surface area contributed by atoms with Crippen molar-refractivity contribution in [2.75, 3.05) is 32.8 Å². The maximum Gasteiger partial charge on any atom is 0.253 e. The lowest BCUT2D eigenvalue weighted by atomic mass is 10.1. The third-order valence-electron chi connectivity index (χ3n) is 3.09. The minimum Gasteiger partial charge on any atom is -0.486 e. The lowest BCUT2D eigenvalue weighted by Gasteiger charge is -2.22. The van der Waals surface area contributed by atoms with Gasteiger partial charge in [-0.2, -0.15) is 0 Å². The van der Waals surface area contributed by atoms with Crippen molar-refractivity contribution < 1.29 is 14.3 Å². The van der Waals surface area contributed by atoms with Gasteiger partial charge in [-0.05, 0) is 38.1 Å². The molecule has 0 atom stereocenters. The van der Waals surface area contributed by atoms with Gasteiger partial charge in [-0.1, -0.05) is 0 Å². The van der Waals surface area contributed by atoms with Gasteiger partial charge >= 0.3 is 0 Å². The zero-order chi connectivity index (χ0) is 13.7. The van der Waals surface area contributed by atoms with Crippen molar-refractivity contribution in [1.29, 1.82) is 0 Å². The molecule has 1 heterocycles. The Labute approximate surface area is 113 Å². The standard InChI is InChI=1S/C14H20N2O3/c1-2-16(7-3-6-15)14(17)11-4-5-12-13(10-11)19-9-8-18-12/h4-5,10H,2-3,6-9,15H2,1H3. The van der Waals surface area contributed by atoms with Gasteiger partial charge in [0.25, 0.3) is 5.91 Å². The first-order valence-electron chi connectivity index (χ1n) is 6.65. The maximum absolute atomic E-state index is 12.4. The molecule has 0 radical (unpaired) electrons. The molecule has 1 aliphatic heterocycles. The predicted molar refractivity (Wildman–Crippen MR) is 72.7 cm³/mol. The Hall–Kier alpha value is -1.75. The van der Waals surface area contributed by atoms with Gasteiger partial charge in [0.1, 0.15) is 13.2 Å². The molecule has 1 aliphatic rings. The van der Waals surface area contributed by atoms with E-state index >= 15 is 0 Å². The van der Waals surface area contributed by atoms with Crippen LogP contribution in [0.2, 0.25) is 0 Å². The average molecular weight is 264 g/mol. The average Bonchev–Trinajstić information content (AvgIpc) is 2.47. The SMILES string of the molecule is CCN(CCCN)C(=O)c1ccc2c(c1)OCCO2. The van der Waals surface area contributed by atoms with E-state index in [9.17, 15) is 4.79 Å². The van der Waals surface area contributed by atoms with Crippen LogP contribution in [0.4, 0.5) is 0 Å². The second-order valence-corrected chi connectivity index (χ2v) is 4.39. The van der Waals surface area contributed by atoms with Crippen molar-refractivity contribution in [3.63, 3.8) is 0 Å². The van der Waals surface area contributed by atoms with E-state index in [0.717, 1.165) is 6.42 Å². The molecule has 1 amide bonds. The van der Waals surface area contributed by atoms with Gasteiger partial charge in [0.2, 0.25) is 0 Å². The van der Waals surface area contributed by atoms with E-state index in [1.807, 2.05) is 6.92 Å². The van der Waals surface area contributed by atoms with Crippen LogP contribution >= 0.6 is 0 Å². The van der Waals surface area contributed by atoms with Crippen molar-refractivity contribution in [3.05, 3.63) is 23.8 Å². The molecule has 5 heteroatoms. The van der Waals surface area contributed by atoms with Crippen LogP contribution in [0, 0.1) is 0 Å². The zero-order valence-electron chi connectivity index (χ0n) is 11.2. The summed E-state index contributed by atoms with van der Waals surface area (Å²) < 4.78 is 10.9. The molecule has 2 rings (SSSR count). The summed E-state index contributed by atoms with van der Waals surface area (Å²) in [4.78, 5) is 14.1. The number of amides is 1. The quantitative estimate of drug-likeness (QED) is 0.869. The summed E-state index contributed by atoms with van der Waals surface area (Å²) in [5.74, 6) is 1.35. The first-order chi connectivity index (χ1) is 9.26. The van der Waals surface area contributed by atoms with E-state index in [1.54, 1.807) is 23.1 Å². The van der Waals surface area contributed by atoms with Crippen LogP contribution in [-0.2, 0) is 0 Å². The maximum atomic E-state index is 12.4. The molecule has 0 aromatic heterocycles. The minimum absolute atomic E-state index is 0.00734. The lowest BCUT2D eigenvalue weighted by molar-refractivity contribution is 0.0762. The van der Waals surface area contributed by atoms with E-state index < -0.39 is 0 Å². The van der Waals surface area contributed by atoms with E-state index in [2.05, 4.69) is 0 Å². The molecule has 1 aromatic carbocycles. The van der Waals surface area contributed by atoms with Gasteiger partial charge in [-0.3, -0.25) is 4.79 Å². The number of ether oxygens (including phenoxy) is 2. The molecule has 0 aliphatic carbocycles. The molecular formula is C14H20N2O3. The largest absolute Gasteiger partial charge is 0.486 e. The fourth-order valence-corrected chi connectivity index (χ4v) is 2.04. The lowest BCUT2D eigenvalue weighted by Crippen LogP contribution is -2.32. The Morgan fingerprint density at radius 1 is 1.32 bits per heavy atom. The highest BCUT2D eigenvalue weighted by molar-refractivity contribution is 5.95. The van der Waals surface area contributed by atoms with E-state index in [1.165, 1.54) is 0 Å². The van der Waals surface area contributed by atoms with Crippen molar-refractivity contribution in [2.45, 2.75) is 13.3 Å². The van der Waals surface area contributed by atoms with Crippen molar-refractivity contribution in [2.24, 2.45) is 5.73 Å². The first kappa shape index (κ1) is 13.7. The van der Waals surface area contributed by atoms with Crippen molar-refractivity contribution in [3.8, 4) is 11.5 Å². The van der Waals surface area contributed by atoms with Crippen molar-refractivity contribution in [1.82, 2.24) is 4.90 Å². The third-order valence-corrected chi connectivity index (χ3v) is 3.09. The smallest absolute Gasteiger partial charge is 0.253 e. The third kappa shape index (κ3) is 3.17. The van der Waals surface area contributed by atoms with Gasteiger partial charge in [0.15, 0.2) is 11.5 Å². The monoisotopic (exact) mass is 264 g/mol. The summed E-state index contributed by atoms with van der Waals surface area (Å²) in [5.41, 5.74) is 6.11. The molecule has 2 N–H and O–H groups in total. The molecule has 19 heavy (non-hydrogen) atoms. The molecule has 0 fully saturated rings. The van der Waals surface area contributed by atoms with Crippen molar-refractivity contribution >= 4 is 5.91 Å². The molecule has 1 aromatic rings. The van der Waals surface area contributed by atoms with Gasteiger partial charge in [-0.25, -0.2) is 0 Å². The highest BCUT2D eigenvalue weighted by Crippen LogP contribution is 2.31. The zero-order valence-corrected chi connectivity index (χ0v) is 11.2. The minimum atomic E-state index is 0.00734. The summed E-state index contributed by atoms with van der Waals surface area (Å²) in [6, 6.07) is 5.32. The summed E-state index contributed by atoms with van der Waals surface area (Å²) in [7, 11) is 0. The fourth-order valence-electron chi connectivity index (χ4n) is 2.04. The Balaban J connectivity index is 2.13. The predicted octanol–water partition coefficient (Wildman–Crippen LogP) is 1.27. The van der Waals surface area contributed by atoms with Crippen LogP contribution in [0.5, 0.6) is 11.5 Å². The van der Waals surface area contributed by atoms with Gasteiger partial charge in [0.05, 0.1) is 0 Å². The summed E-state index contributed by atoms with van der Waals surface area (Å²) >= 11 is 0. The van der Waals surface area contributed by atoms with Crippen LogP contribution in [0.15, 0.2) is 18.2 Å². The molecule has 104 valence electrons. The number of nitrogens with two attached hydrogens (primary N) is 1. The molecule has 0 spiro atoms. The number of carbonyl (C=O) groups excluding carboxylic acids is 1. The summed E-state index contributed by atoms with van der Waals surface area (Å²) in [5, 5.41) is 0. The van der Waals surface area contributed by atoms with Crippen LogP contribution in [0.25, 0.3) is 0 Å². The molecule has 0 unspecified atom stereocenters. The van der Waals surface area contributed by atoms with Crippen LogP contribution in [-0.4, -0.2) is 43.7 Å². The molecule has 5 nitrogen and oxygen atoms in total.